The number of rotatable bonds is 0. The molecule has 5 nitrogen and oxygen atoms in total. The highest BCUT2D eigenvalue weighted by molar-refractivity contribution is 5.83. The predicted molar refractivity (Wildman–Crippen MR) is 71.7 cm³/mol. The Morgan fingerprint density at radius 2 is 2.00 bits per heavy atom. The van der Waals surface area contributed by atoms with Gasteiger partial charge in [0.25, 0.3) is 0 Å². The van der Waals surface area contributed by atoms with Crippen molar-refractivity contribution in [1.82, 2.24) is 10.2 Å². The first-order valence-corrected chi connectivity index (χ1v) is 7.12. The maximum Gasteiger partial charge on any atom is 0.410 e. The number of hydrogen-bond donors (Lipinski definition) is 1. The van der Waals surface area contributed by atoms with Gasteiger partial charge in [0.1, 0.15) is 12.1 Å². The Bertz CT molecular complexity index is 362. The molecule has 1 heterocycles. The van der Waals surface area contributed by atoms with Crippen LogP contribution in [-0.2, 0) is 9.53 Å². The van der Waals surface area contributed by atoms with Crippen LogP contribution in [-0.4, -0.2) is 41.6 Å². The topological polar surface area (TPSA) is 58.6 Å². The molecule has 2 fully saturated rings. The smallest absolute Gasteiger partial charge is 0.410 e. The Balaban J connectivity index is 2.04. The number of ether oxygens (including phenoxy) is 1. The fraction of sp³-hybridized carbons (Fsp3) is 0.857. The normalized spacial score (nSPS) is 28.2. The molecule has 1 aliphatic carbocycles. The van der Waals surface area contributed by atoms with Crippen molar-refractivity contribution in [3.63, 3.8) is 0 Å². The summed E-state index contributed by atoms with van der Waals surface area (Å²) in [6.07, 6.45) is 4.06. The first-order valence-electron chi connectivity index (χ1n) is 7.12. The van der Waals surface area contributed by atoms with Crippen LogP contribution in [0.4, 0.5) is 4.79 Å². The Labute approximate surface area is 114 Å². The summed E-state index contributed by atoms with van der Waals surface area (Å²) in [6, 6.07) is 0.230. The van der Waals surface area contributed by atoms with Gasteiger partial charge >= 0.3 is 6.09 Å². The second kappa shape index (κ2) is 5.39. The molecule has 0 radical (unpaired) electrons. The van der Waals surface area contributed by atoms with Crippen LogP contribution < -0.4 is 5.32 Å². The van der Waals surface area contributed by atoms with Crippen molar-refractivity contribution in [2.45, 2.75) is 58.1 Å². The maximum atomic E-state index is 12.1. The van der Waals surface area contributed by atoms with Gasteiger partial charge in [-0.2, -0.15) is 0 Å². The van der Waals surface area contributed by atoms with E-state index in [1.165, 1.54) is 6.42 Å². The van der Waals surface area contributed by atoms with Crippen molar-refractivity contribution >= 4 is 12.0 Å². The van der Waals surface area contributed by atoms with E-state index >= 15 is 0 Å². The number of amides is 2. The summed E-state index contributed by atoms with van der Waals surface area (Å²) in [6.45, 7) is 6.25. The molecule has 19 heavy (non-hydrogen) atoms. The molecule has 2 amide bonds. The monoisotopic (exact) mass is 268 g/mol. The van der Waals surface area contributed by atoms with E-state index in [9.17, 15) is 9.59 Å². The molecule has 0 spiro atoms. The summed E-state index contributed by atoms with van der Waals surface area (Å²) in [4.78, 5) is 25.5. The molecule has 0 aromatic rings. The lowest BCUT2D eigenvalue weighted by molar-refractivity contribution is -0.122. The van der Waals surface area contributed by atoms with E-state index in [0.717, 1.165) is 19.3 Å². The van der Waals surface area contributed by atoms with Crippen LogP contribution in [0.2, 0.25) is 0 Å². The zero-order chi connectivity index (χ0) is 14.0. The van der Waals surface area contributed by atoms with Crippen LogP contribution in [0.15, 0.2) is 0 Å². The number of fused-ring (bicyclic) bond motifs is 1. The number of nitrogens with zero attached hydrogens (tertiary/aromatic N) is 1. The predicted octanol–water partition coefficient (Wildman–Crippen LogP) is 1.91. The first kappa shape index (κ1) is 14.2. The molecule has 0 aromatic carbocycles. The molecule has 1 N–H and O–H groups in total. The lowest BCUT2D eigenvalue weighted by Gasteiger charge is -2.32. The van der Waals surface area contributed by atoms with Crippen LogP contribution >= 0.6 is 0 Å². The Hall–Kier alpha value is -1.26. The Morgan fingerprint density at radius 3 is 2.68 bits per heavy atom. The minimum atomic E-state index is -0.522. The number of carbonyl (C=O) groups is 2. The van der Waals surface area contributed by atoms with Gasteiger partial charge in [0.15, 0.2) is 0 Å². The SMILES string of the molecule is CC(C)(C)OC(=O)N1CC(=O)N[C@@H]2CCCC[C@H]2C1. The average Bonchev–Trinajstić information content (AvgIpc) is 2.44. The minimum absolute atomic E-state index is 0.0692. The zero-order valence-corrected chi connectivity index (χ0v) is 12.1. The van der Waals surface area contributed by atoms with Crippen LogP contribution in [0, 0.1) is 5.92 Å². The number of carbonyl (C=O) groups excluding carboxylic acids is 2. The summed E-state index contributed by atoms with van der Waals surface area (Å²) in [5, 5.41) is 3.04. The van der Waals surface area contributed by atoms with E-state index < -0.39 is 5.60 Å². The largest absolute Gasteiger partial charge is 0.444 e. The van der Waals surface area contributed by atoms with E-state index in [1.807, 2.05) is 20.8 Å². The van der Waals surface area contributed by atoms with Crippen LogP contribution in [0.3, 0.4) is 0 Å². The second-order valence-electron chi connectivity index (χ2n) is 6.58. The average molecular weight is 268 g/mol. The molecule has 1 aliphatic heterocycles. The van der Waals surface area contributed by atoms with Gasteiger partial charge in [0.05, 0.1) is 0 Å². The van der Waals surface area contributed by atoms with E-state index in [1.54, 1.807) is 4.90 Å². The van der Waals surface area contributed by atoms with Gasteiger partial charge < -0.3 is 10.1 Å². The quantitative estimate of drug-likeness (QED) is 0.730. The summed E-state index contributed by atoms with van der Waals surface area (Å²) in [5.41, 5.74) is -0.522. The highest BCUT2D eigenvalue weighted by Gasteiger charge is 2.35. The molecule has 0 unspecified atom stereocenters. The molecule has 2 aliphatic rings. The van der Waals surface area contributed by atoms with E-state index in [2.05, 4.69) is 5.32 Å². The Kier molecular flexibility index (Phi) is 4.02. The highest BCUT2D eigenvalue weighted by Crippen LogP contribution is 2.27. The van der Waals surface area contributed by atoms with Crippen molar-refractivity contribution in [2.24, 2.45) is 5.92 Å². The molecule has 108 valence electrons. The van der Waals surface area contributed by atoms with Gasteiger partial charge in [-0.15, -0.1) is 0 Å². The zero-order valence-electron chi connectivity index (χ0n) is 12.1. The van der Waals surface area contributed by atoms with E-state index in [-0.39, 0.29) is 24.6 Å². The van der Waals surface area contributed by atoms with Crippen LogP contribution in [0.1, 0.15) is 46.5 Å². The molecular formula is C14H24N2O3. The fourth-order valence-electron chi connectivity index (χ4n) is 2.86. The number of hydrogen-bond acceptors (Lipinski definition) is 3. The molecule has 0 aromatic heterocycles. The third-order valence-electron chi connectivity index (χ3n) is 3.70. The summed E-state index contributed by atoms with van der Waals surface area (Å²) < 4.78 is 5.37. The third-order valence-corrected chi connectivity index (χ3v) is 3.70. The molecule has 2 rings (SSSR count). The van der Waals surface area contributed by atoms with Crippen molar-refractivity contribution in [2.75, 3.05) is 13.1 Å². The van der Waals surface area contributed by atoms with Crippen LogP contribution in [0.25, 0.3) is 0 Å². The fourth-order valence-corrected chi connectivity index (χ4v) is 2.86. The standard InChI is InChI=1S/C14H24N2O3/c1-14(2,3)19-13(18)16-8-10-6-4-5-7-11(10)15-12(17)9-16/h10-11H,4-9H2,1-3H3,(H,15,17)/t10-,11+/m0/s1. The summed E-state index contributed by atoms with van der Waals surface area (Å²) in [7, 11) is 0. The molecular weight excluding hydrogens is 244 g/mol. The molecule has 2 atom stereocenters. The molecule has 0 bridgehead atoms. The number of nitrogens with one attached hydrogen (secondary N) is 1. The van der Waals surface area contributed by atoms with Gasteiger partial charge in [-0.05, 0) is 39.5 Å². The van der Waals surface area contributed by atoms with Gasteiger partial charge in [0, 0.05) is 12.6 Å². The maximum absolute atomic E-state index is 12.1. The lowest BCUT2D eigenvalue weighted by atomic mass is 9.84. The van der Waals surface area contributed by atoms with Gasteiger partial charge in [0.2, 0.25) is 5.91 Å². The second-order valence-corrected chi connectivity index (χ2v) is 6.58. The van der Waals surface area contributed by atoms with Crippen molar-refractivity contribution in [3.8, 4) is 0 Å². The van der Waals surface area contributed by atoms with Gasteiger partial charge in [-0.1, -0.05) is 12.8 Å². The van der Waals surface area contributed by atoms with Crippen molar-refractivity contribution < 1.29 is 14.3 Å². The minimum Gasteiger partial charge on any atom is -0.444 e. The van der Waals surface area contributed by atoms with E-state index in [4.69, 9.17) is 4.74 Å². The molecule has 1 saturated carbocycles. The Morgan fingerprint density at radius 1 is 1.32 bits per heavy atom. The van der Waals surface area contributed by atoms with Crippen molar-refractivity contribution in [3.05, 3.63) is 0 Å². The highest BCUT2D eigenvalue weighted by atomic mass is 16.6. The molecule has 5 heteroatoms. The van der Waals surface area contributed by atoms with Gasteiger partial charge in [-0.3, -0.25) is 9.69 Å². The van der Waals surface area contributed by atoms with Gasteiger partial charge in [-0.25, -0.2) is 4.79 Å². The lowest BCUT2D eigenvalue weighted by Crippen LogP contribution is -2.41. The third kappa shape index (κ3) is 3.85. The molecule has 1 saturated heterocycles. The summed E-state index contributed by atoms with van der Waals surface area (Å²) in [5.74, 6) is 0.299. The van der Waals surface area contributed by atoms with Crippen molar-refractivity contribution in [1.29, 1.82) is 0 Å². The van der Waals surface area contributed by atoms with E-state index in [0.29, 0.717) is 12.5 Å². The first-order chi connectivity index (χ1) is 8.85. The summed E-state index contributed by atoms with van der Waals surface area (Å²) >= 11 is 0. The van der Waals surface area contributed by atoms with Crippen LogP contribution in [0.5, 0.6) is 0 Å².